The third-order valence-electron chi connectivity index (χ3n) is 9.03. The number of hydrogen-bond donors (Lipinski definition) is 0. The maximum absolute atomic E-state index is 6.47. The summed E-state index contributed by atoms with van der Waals surface area (Å²) in [4.78, 5) is 0. The molecule has 0 N–H and O–H groups in total. The first-order valence-electron chi connectivity index (χ1n) is 14.2. The Morgan fingerprint density at radius 3 is 2.07 bits per heavy atom. The fourth-order valence-corrected chi connectivity index (χ4v) is 6.18. The van der Waals surface area contributed by atoms with Gasteiger partial charge in [-0.25, -0.2) is 0 Å². The molecule has 0 bridgehead atoms. The second kappa shape index (κ2) is 8.59. The van der Waals surface area contributed by atoms with E-state index in [1.807, 2.05) is 12.1 Å². The molecule has 3 heterocycles. The van der Waals surface area contributed by atoms with Crippen LogP contribution in [0.2, 0.25) is 0 Å². The Hall–Kier alpha value is -4.32. The van der Waals surface area contributed by atoms with E-state index in [2.05, 4.69) is 129 Å². The molecule has 2 aromatic heterocycles. The molecular weight excluding hydrogens is 505 g/mol. The minimum Gasteiger partial charge on any atom is -0.455 e. The number of fused-ring (bicyclic) bond motifs is 7. The monoisotopic (exact) mass is 535 g/mol. The minimum absolute atomic E-state index is 0.380. The van der Waals surface area contributed by atoms with Gasteiger partial charge in [0.25, 0.3) is 0 Å². The molecule has 0 spiro atoms. The van der Waals surface area contributed by atoms with Crippen molar-refractivity contribution in [1.82, 2.24) is 4.57 Å². The molecule has 41 heavy (non-hydrogen) atoms. The fourth-order valence-electron chi connectivity index (χ4n) is 6.18. The van der Waals surface area contributed by atoms with Crippen LogP contribution >= 0.6 is 0 Å². The van der Waals surface area contributed by atoms with Crippen LogP contribution < -0.4 is 5.46 Å². The highest BCUT2D eigenvalue weighted by Crippen LogP contribution is 2.41. The van der Waals surface area contributed by atoms with E-state index in [0.29, 0.717) is 0 Å². The molecule has 0 atom stereocenters. The first kappa shape index (κ1) is 24.5. The predicted molar refractivity (Wildman–Crippen MR) is 169 cm³/mol. The van der Waals surface area contributed by atoms with Crippen molar-refractivity contribution in [2.45, 2.75) is 38.9 Å². The van der Waals surface area contributed by atoms with Crippen molar-refractivity contribution in [3.8, 4) is 16.8 Å². The molecule has 7 aromatic rings. The average molecular weight is 535 g/mol. The van der Waals surface area contributed by atoms with Crippen LogP contribution in [0.1, 0.15) is 27.7 Å². The molecule has 0 radical (unpaired) electrons. The van der Waals surface area contributed by atoms with Gasteiger partial charge in [-0.1, -0.05) is 72.8 Å². The standard InChI is InChI=1S/C36H30BNO3/c1-35(2)36(3,4)41-37(40-35)25-13-9-11-23(21-25)24-12-10-14-26(22-24)38-30-17-7-5-16-29(30)33-31(38)20-19-28-27-15-6-8-18-32(27)39-34(28)33/h5-22H,1-4H3. The molecule has 4 nitrogen and oxygen atoms in total. The van der Waals surface area contributed by atoms with Gasteiger partial charge in [0, 0.05) is 21.8 Å². The zero-order valence-electron chi connectivity index (χ0n) is 23.6. The summed E-state index contributed by atoms with van der Waals surface area (Å²) < 4.78 is 21.5. The van der Waals surface area contributed by atoms with Gasteiger partial charge in [0.2, 0.25) is 0 Å². The third-order valence-corrected chi connectivity index (χ3v) is 9.03. The van der Waals surface area contributed by atoms with E-state index in [0.717, 1.165) is 60.6 Å². The summed E-state index contributed by atoms with van der Waals surface area (Å²) >= 11 is 0. The Kier molecular flexibility index (Phi) is 5.13. The Morgan fingerprint density at radius 2 is 1.27 bits per heavy atom. The summed E-state index contributed by atoms with van der Waals surface area (Å²) in [5, 5.41) is 4.61. The number of hydrogen-bond acceptors (Lipinski definition) is 3. The van der Waals surface area contributed by atoms with E-state index in [1.165, 1.54) is 5.39 Å². The normalized spacial score (nSPS) is 16.4. The fraction of sp³-hybridized carbons (Fsp3) is 0.167. The van der Waals surface area contributed by atoms with Crippen molar-refractivity contribution >= 4 is 56.3 Å². The van der Waals surface area contributed by atoms with Gasteiger partial charge in [0.05, 0.1) is 27.6 Å². The van der Waals surface area contributed by atoms with Crippen molar-refractivity contribution in [3.05, 3.63) is 109 Å². The summed E-state index contributed by atoms with van der Waals surface area (Å²) in [6, 6.07) is 38.5. The van der Waals surface area contributed by atoms with Crippen LogP contribution in [-0.4, -0.2) is 22.9 Å². The van der Waals surface area contributed by atoms with E-state index in [4.69, 9.17) is 13.7 Å². The van der Waals surface area contributed by atoms with Crippen LogP contribution in [0, 0.1) is 0 Å². The topological polar surface area (TPSA) is 36.5 Å². The first-order chi connectivity index (χ1) is 19.8. The number of rotatable bonds is 3. The number of furan rings is 1. The van der Waals surface area contributed by atoms with Crippen LogP contribution in [-0.2, 0) is 9.31 Å². The molecule has 1 aliphatic rings. The molecule has 200 valence electrons. The molecular formula is C36H30BNO3. The molecule has 1 fully saturated rings. The molecule has 0 amide bonds. The van der Waals surface area contributed by atoms with E-state index in [9.17, 15) is 0 Å². The van der Waals surface area contributed by atoms with E-state index < -0.39 is 7.12 Å². The van der Waals surface area contributed by atoms with Crippen molar-refractivity contribution in [2.75, 3.05) is 0 Å². The summed E-state index contributed by atoms with van der Waals surface area (Å²) in [5.74, 6) is 0. The highest BCUT2D eigenvalue weighted by molar-refractivity contribution is 6.62. The molecule has 0 saturated carbocycles. The van der Waals surface area contributed by atoms with Crippen molar-refractivity contribution in [1.29, 1.82) is 0 Å². The zero-order valence-corrected chi connectivity index (χ0v) is 23.6. The van der Waals surface area contributed by atoms with Crippen molar-refractivity contribution in [3.63, 3.8) is 0 Å². The average Bonchev–Trinajstić information content (AvgIpc) is 3.59. The van der Waals surface area contributed by atoms with Crippen molar-refractivity contribution < 1.29 is 13.7 Å². The highest BCUT2D eigenvalue weighted by Gasteiger charge is 2.51. The lowest BCUT2D eigenvalue weighted by Crippen LogP contribution is -2.41. The Bertz CT molecular complexity index is 2120. The first-order valence-corrected chi connectivity index (χ1v) is 14.2. The predicted octanol–water partition coefficient (Wildman–Crippen LogP) is 8.65. The molecule has 8 rings (SSSR count). The maximum Gasteiger partial charge on any atom is 0.494 e. The lowest BCUT2D eigenvalue weighted by molar-refractivity contribution is 0.00578. The van der Waals surface area contributed by atoms with Gasteiger partial charge in [-0.05, 0) is 80.7 Å². The third kappa shape index (κ3) is 3.63. The van der Waals surface area contributed by atoms with Gasteiger partial charge in [0.1, 0.15) is 11.2 Å². The van der Waals surface area contributed by atoms with Crippen LogP contribution in [0.4, 0.5) is 0 Å². The Morgan fingerprint density at radius 1 is 0.585 bits per heavy atom. The van der Waals surface area contributed by atoms with E-state index in [1.54, 1.807) is 0 Å². The Labute approximate surface area is 239 Å². The molecule has 0 unspecified atom stereocenters. The zero-order chi connectivity index (χ0) is 27.9. The highest BCUT2D eigenvalue weighted by atomic mass is 16.7. The minimum atomic E-state index is -0.397. The summed E-state index contributed by atoms with van der Waals surface area (Å²) in [7, 11) is -0.397. The van der Waals surface area contributed by atoms with Gasteiger partial charge in [-0.2, -0.15) is 0 Å². The van der Waals surface area contributed by atoms with Crippen LogP contribution in [0.5, 0.6) is 0 Å². The van der Waals surface area contributed by atoms with Gasteiger partial charge >= 0.3 is 7.12 Å². The van der Waals surface area contributed by atoms with Gasteiger partial charge < -0.3 is 18.3 Å². The lowest BCUT2D eigenvalue weighted by atomic mass is 9.78. The smallest absolute Gasteiger partial charge is 0.455 e. The molecule has 1 saturated heterocycles. The second-order valence-electron chi connectivity index (χ2n) is 12.1. The summed E-state index contributed by atoms with van der Waals surface area (Å²) in [5.41, 5.74) is 7.75. The summed E-state index contributed by atoms with van der Waals surface area (Å²) in [6.45, 7) is 8.35. The molecule has 0 aliphatic carbocycles. The molecule has 5 heteroatoms. The second-order valence-corrected chi connectivity index (χ2v) is 12.1. The van der Waals surface area contributed by atoms with Crippen LogP contribution in [0.25, 0.3) is 60.6 Å². The molecule has 1 aliphatic heterocycles. The number of benzene rings is 5. The molecule has 5 aromatic carbocycles. The lowest BCUT2D eigenvalue weighted by Gasteiger charge is -2.32. The van der Waals surface area contributed by atoms with E-state index in [-0.39, 0.29) is 11.2 Å². The number of nitrogens with zero attached hydrogens (tertiary/aromatic N) is 1. The SMILES string of the molecule is CC1(C)OB(c2cccc(-c3cccc(-n4c5ccccc5c5c6oc7ccccc7c6ccc54)c3)c2)OC1(C)C. The number of para-hydroxylation sites is 2. The van der Waals surface area contributed by atoms with Gasteiger partial charge in [0.15, 0.2) is 0 Å². The maximum atomic E-state index is 6.47. The summed E-state index contributed by atoms with van der Waals surface area (Å²) in [6.07, 6.45) is 0. The van der Waals surface area contributed by atoms with Crippen LogP contribution in [0.3, 0.4) is 0 Å². The van der Waals surface area contributed by atoms with E-state index >= 15 is 0 Å². The van der Waals surface area contributed by atoms with Crippen LogP contribution in [0.15, 0.2) is 114 Å². The largest absolute Gasteiger partial charge is 0.494 e. The quantitative estimate of drug-likeness (QED) is 0.213. The van der Waals surface area contributed by atoms with Gasteiger partial charge in [-0.3, -0.25) is 0 Å². The Balaban J connectivity index is 1.28. The van der Waals surface area contributed by atoms with Crippen molar-refractivity contribution in [2.24, 2.45) is 0 Å². The number of aromatic nitrogens is 1. The van der Waals surface area contributed by atoms with Gasteiger partial charge in [-0.15, -0.1) is 0 Å².